The summed E-state index contributed by atoms with van der Waals surface area (Å²) in [5.41, 5.74) is 0.971. The van der Waals surface area contributed by atoms with Gasteiger partial charge >= 0.3 is 0 Å². The SMILES string of the molecule is CCOCc1cc(Cl)nc(OC)c1. The molecule has 13 heavy (non-hydrogen) atoms. The van der Waals surface area contributed by atoms with E-state index in [0.717, 1.165) is 5.56 Å². The Hall–Kier alpha value is -0.800. The molecule has 0 N–H and O–H groups in total. The number of aromatic nitrogens is 1. The summed E-state index contributed by atoms with van der Waals surface area (Å²) in [5.74, 6) is 0.516. The van der Waals surface area contributed by atoms with Gasteiger partial charge in [0, 0.05) is 12.7 Å². The highest BCUT2D eigenvalue weighted by atomic mass is 35.5. The highest BCUT2D eigenvalue weighted by molar-refractivity contribution is 6.29. The first-order chi connectivity index (χ1) is 6.26. The van der Waals surface area contributed by atoms with Crippen LogP contribution in [-0.2, 0) is 11.3 Å². The van der Waals surface area contributed by atoms with E-state index in [-0.39, 0.29) is 0 Å². The average Bonchev–Trinajstić information content (AvgIpc) is 2.14. The van der Waals surface area contributed by atoms with E-state index in [9.17, 15) is 0 Å². The van der Waals surface area contributed by atoms with Crippen molar-refractivity contribution in [1.82, 2.24) is 4.98 Å². The van der Waals surface area contributed by atoms with Gasteiger partial charge in [0.05, 0.1) is 13.7 Å². The summed E-state index contributed by atoms with van der Waals surface area (Å²) in [6, 6.07) is 3.57. The van der Waals surface area contributed by atoms with E-state index in [0.29, 0.717) is 24.2 Å². The number of methoxy groups -OCH3 is 1. The minimum Gasteiger partial charge on any atom is -0.481 e. The molecule has 0 aromatic carbocycles. The highest BCUT2D eigenvalue weighted by Crippen LogP contribution is 2.16. The van der Waals surface area contributed by atoms with Gasteiger partial charge in [-0.3, -0.25) is 0 Å². The highest BCUT2D eigenvalue weighted by Gasteiger charge is 2.00. The van der Waals surface area contributed by atoms with Crippen molar-refractivity contribution in [3.63, 3.8) is 0 Å². The smallest absolute Gasteiger partial charge is 0.214 e. The molecule has 0 fully saturated rings. The van der Waals surface area contributed by atoms with E-state index in [1.54, 1.807) is 13.2 Å². The van der Waals surface area contributed by atoms with Crippen molar-refractivity contribution >= 4 is 11.6 Å². The summed E-state index contributed by atoms with van der Waals surface area (Å²) in [6.45, 7) is 3.16. The lowest BCUT2D eigenvalue weighted by Crippen LogP contribution is -1.95. The van der Waals surface area contributed by atoms with E-state index in [4.69, 9.17) is 21.1 Å². The molecule has 1 heterocycles. The molecular weight excluding hydrogens is 190 g/mol. The minimum absolute atomic E-state index is 0.425. The van der Waals surface area contributed by atoms with Crippen LogP contribution in [0.2, 0.25) is 5.15 Å². The van der Waals surface area contributed by atoms with Gasteiger partial charge in [-0.2, -0.15) is 0 Å². The second-order valence-corrected chi connectivity index (χ2v) is 2.86. The van der Waals surface area contributed by atoms with Gasteiger partial charge in [0.15, 0.2) is 0 Å². The predicted octanol–water partition coefficient (Wildman–Crippen LogP) is 2.28. The van der Waals surface area contributed by atoms with Crippen molar-refractivity contribution < 1.29 is 9.47 Å². The summed E-state index contributed by atoms with van der Waals surface area (Å²) < 4.78 is 10.2. The number of hydrogen-bond donors (Lipinski definition) is 0. The van der Waals surface area contributed by atoms with E-state index < -0.39 is 0 Å². The molecule has 0 bridgehead atoms. The fraction of sp³-hybridized carbons (Fsp3) is 0.444. The molecule has 0 spiro atoms. The molecule has 0 saturated heterocycles. The molecule has 1 rings (SSSR count). The van der Waals surface area contributed by atoms with Gasteiger partial charge in [0.1, 0.15) is 5.15 Å². The number of hydrogen-bond acceptors (Lipinski definition) is 3. The second kappa shape index (κ2) is 5.04. The normalized spacial score (nSPS) is 10.1. The standard InChI is InChI=1S/C9H12ClNO2/c1-3-13-6-7-4-8(10)11-9(5-7)12-2/h4-5H,3,6H2,1-2H3. The lowest BCUT2D eigenvalue weighted by Gasteiger charge is -2.04. The quantitative estimate of drug-likeness (QED) is 0.701. The molecule has 0 aliphatic rings. The van der Waals surface area contributed by atoms with Crippen LogP contribution in [0.5, 0.6) is 5.88 Å². The van der Waals surface area contributed by atoms with Crippen molar-refractivity contribution in [2.24, 2.45) is 0 Å². The zero-order chi connectivity index (χ0) is 9.68. The third-order valence-electron chi connectivity index (χ3n) is 1.51. The summed E-state index contributed by atoms with van der Waals surface area (Å²) in [6.07, 6.45) is 0. The number of ether oxygens (including phenoxy) is 2. The molecule has 3 nitrogen and oxygen atoms in total. The molecule has 0 amide bonds. The molecule has 0 atom stereocenters. The van der Waals surface area contributed by atoms with Crippen LogP contribution in [0, 0.1) is 0 Å². The molecule has 4 heteroatoms. The van der Waals surface area contributed by atoms with Gasteiger partial charge in [-0.15, -0.1) is 0 Å². The van der Waals surface area contributed by atoms with Crippen LogP contribution in [0.15, 0.2) is 12.1 Å². The van der Waals surface area contributed by atoms with Crippen LogP contribution in [-0.4, -0.2) is 18.7 Å². The number of rotatable bonds is 4. The van der Waals surface area contributed by atoms with Crippen LogP contribution in [0.3, 0.4) is 0 Å². The Morgan fingerprint density at radius 3 is 2.85 bits per heavy atom. The van der Waals surface area contributed by atoms with Crippen molar-refractivity contribution in [3.8, 4) is 5.88 Å². The molecule has 0 aliphatic heterocycles. The molecule has 0 radical (unpaired) electrons. The van der Waals surface area contributed by atoms with Crippen LogP contribution in [0.1, 0.15) is 12.5 Å². The Labute approximate surface area is 82.6 Å². The summed E-state index contributed by atoms with van der Waals surface area (Å²) in [4.78, 5) is 3.95. The van der Waals surface area contributed by atoms with Gasteiger partial charge in [0.25, 0.3) is 0 Å². The largest absolute Gasteiger partial charge is 0.481 e. The molecule has 0 unspecified atom stereocenters. The first-order valence-corrected chi connectivity index (χ1v) is 4.42. The number of halogens is 1. The number of pyridine rings is 1. The van der Waals surface area contributed by atoms with Crippen LogP contribution < -0.4 is 4.74 Å². The fourth-order valence-electron chi connectivity index (χ4n) is 0.931. The van der Waals surface area contributed by atoms with Crippen molar-refractivity contribution in [2.45, 2.75) is 13.5 Å². The van der Waals surface area contributed by atoms with Crippen LogP contribution in [0.25, 0.3) is 0 Å². The Kier molecular flexibility index (Phi) is 3.99. The maximum Gasteiger partial charge on any atom is 0.214 e. The van der Waals surface area contributed by atoms with E-state index in [1.165, 1.54) is 0 Å². The van der Waals surface area contributed by atoms with Crippen LogP contribution in [0.4, 0.5) is 0 Å². The first kappa shape index (κ1) is 10.3. The molecule has 0 saturated carbocycles. The van der Waals surface area contributed by atoms with Gasteiger partial charge in [-0.25, -0.2) is 4.98 Å². The summed E-state index contributed by atoms with van der Waals surface area (Å²) in [7, 11) is 1.56. The van der Waals surface area contributed by atoms with Gasteiger partial charge in [-0.1, -0.05) is 11.6 Å². The molecule has 72 valence electrons. The zero-order valence-electron chi connectivity index (χ0n) is 7.71. The van der Waals surface area contributed by atoms with Crippen molar-refractivity contribution in [2.75, 3.05) is 13.7 Å². The van der Waals surface area contributed by atoms with E-state index in [2.05, 4.69) is 4.98 Å². The zero-order valence-corrected chi connectivity index (χ0v) is 8.47. The Balaban J connectivity index is 2.76. The molecule has 1 aromatic rings. The lowest BCUT2D eigenvalue weighted by atomic mass is 10.3. The summed E-state index contributed by atoms with van der Waals surface area (Å²) in [5, 5.41) is 0.425. The maximum atomic E-state index is 5.76. The molecule has 1 aromatic heterocycles. The predicted molar refractivity (Wildman–Crippen MR) is 51.1 cm³/mol. The van der Waals surface area contributed by atoms with E-state index >= 15 is 0 Å². The second-order valence-electron chi connectivity index (χ2n) is 2.48. The van der Waals surface area contributed by atoms with Gasteiger partial charge < -0.3 is 9.47 Å². The fourth-order valence-corrected chi connectivity index (χ4v) is 1.15. The van der Waals surface area contributed by atoms with Gasteiger partial charge in [-0.05, 0) is 18.6 Å². The third kappa shape index (κ3) is 3.20. The van der Waals surface area contributed by atoms with E-state index in [1.807, 2.05) is 13.0 Å². The average molecular weight is 202 g/mol. The van der Waals surface area contributed by atoms with Crippen LogP contribution >= 0.6 is 11.6 Å². The minimum atomic E-state index is 0.425. The Bertz CT molecular complexity index is 278. The third-order valence-corrected chi connectivity index (χ3v) is 1.71. The Morgan fingerprint density at radius 2 is 2.23 bits per heavy atom. The number of nitrogens with zero attached hydrogens (tertiary/aromatic N) is 1. The lowest BCUT2D eigenvalue weighted by molar-refractivity contribution is 0.134. The monoisotopic (exact) mass is 201 g/mol. The topological polar surface area (TPSA) is 31.4 Å². The van der Waals surface area contributed by atoms with Gasteiger partial charge in [0.2, 0.25) is 5.88 Å². The molecular formula is C9H12ClNO2. The first-order valence-electron chi connectivity index (χ1n) is 4.04. The Morgan fingerprint density at radius 1 is 1.46 bits per heavy atom. The van der Waals surface area contributed by atoms with Crippen molar-refractivity contribution in [1.29, 1.82) is 0 Å². The maximum absolute atomic E-state index is 5.76. The molecule has 0 aliphatic carbocycles. The van der Waals surface area contributed by atoms with Crippen molar-refractivity contribution in [3.05, 3.63) is 22.8 Å². The summed E-state index contributed by atoms with van der Waals surface area (Å²) >= 11 is 5.76.